The van der Waals surface area contributed by atoms with Crippen molar-refractivity contribution in [1.82, 2.24) is 9.97 Å². The van der Waals surface area contributed by atoms with Crippen LogP contribution < -0.4 is 10.2 Å². The summed E-state index contributed by atoms with van der Waals surface area (Å²) < 4.78 is 26.6. The van der Waals surface area contributed by atoms with Gasteiger partial charge in [-0.2, -0.15) is 0 Å². The Morgan fingerprint density at radius 1 is 1.23 bits per heavy atom. The number of piperidine rings is 1. The number of carbonyl (C=O) groups excluding carboxylic acids is 1. The fraction of sp³-hybridized carbons (Fsp3) is 0.316. The lowest BCUT2D eigenvalue weighted by molar-refractivity contribution is -0.111. The van der Waals surface area contributed by atoms with E-state index >= 15 is 0 Å². The molecule has 0 radical (unpaired) electrons. The van der Waals surface area contributed by atoms with Crippen LogP contribution in [0.25, 0.3) is 6.08 Å². The normalized spacial score (nSPS) is 15.4. The number of aromatic nitrogens is 2. The Balaban J connectivity index is 1.59. The van der Waals surface area contributed by atoms with Crippen LogP contribution in [0.3, 0.4) is 0 Å². The zero-order valence-electron chi connectivity index (χ0n) is 14.5. The average molecular weight is 358 g/mol. The maximum Gasteiger partial charge on any atom is 0.248 e. The third-order valence-corrected chi connectivity index (χ3v) is 4.34. The Hall–Kier alpha value is -2.83. The SMILES string of the molecule is CC1CCN(c2ncc(NC(=O)/C=C/c3cc(F)ccc3F)cn2)CC1. The monoisotopic (exact) mass is 358 g/mol. The van der Waals surface area contributed by atoms with Crippen LogP contribution >= 0.6 is 0 Å². The molecule has 0 saturated carbocycles. The number of amides is 1. The van der Waals surface area contributed by atoms with Crippen LogP contribution in [-0.2, 0) is 4.79 Å². The van der Waals surface area contributed by atoms with Crippen molar-refractivity contribution < 1.29 is 13.6 Å². The number of rotatable bonds is 4. The van der Waals surface area contributed by atoms with Gasteiger partial charge in [0.05, 0.1) is 18.1 Å². The molecule has 0 aliphatic carbocycles. The van der Waals surface area contributed by atoms with Crippen molar-refractivity contribution in [2.24, 2.45) is 5.92 Å². The maximum atomic E-state index is 13.5. The van der Waals surface area contributed by atoms with Gasteiger partial charge in [0.25, 0.3) is 0 Å². The highest BCUT2D eigenvalue weighted by Crippen LogP contribution is 2.20. The number of nitrogens with one attached hydrogen (secondary N) is 1. The molecule has 2 heterocycles. The van der Waals surface area contributed by atoms with E-state index in [4.69, 9.17) is 0 Å². The average Bonchev–Trinajstić information content (AvgIpc) is 2.64. The lowest BCUT2D eigenvalue weighted by atomic mass is 10.00. The van der Waals surface area contributed by atoms with Crippen molar-refractivity contribution in [3.63, 3.8) is 0 Å². The molecule has 7 heteroatoms. The third kappa shape index (κ3) is 4.62. The van der Waals surface area contributed by atoms with Gasteiger partial charge in [0.2, 0.25) is 11.9 Å². The molecule has 5 nitrogen and oxygen atoms in total. The molecule has 0 bridgehead atoms. The van der Waals surface area contributed by atoms with Gasteiger partial charge < -0.3 is 10.2 Å². The molecule has 1 fully saturated rings. The van der Waals surface area contributed by atoms with Gasteiger partial charge in [-0.15, -0.1) is 0 Å². The molecule has 0 spiro atoms. The van der Waals surface area contributed by atoms with Gasteiger partial charge in [-0.05, 0) is 43.0 Å². The second-order valence-electron chi connectivity index (χ2n) is 6.43. The topological polar surface area (TPSA) is 58.1 Å². The molecule has 0 unspecified atom stereocenters. The largest absolute Gasteiger partial charge is 0.341 e. The standard InChI is InChI=1S/C19H20F2N4O/c1-13-6-8-25(9-7-13)19-22-11-16(12-23-19)24-18(26)5-2-14-10-15(20)3-4-17(14)21/h2-5,10-13H,6-9H2,1H3,(H,24,26)/b5-2+. The Bertz CT molecular complexity index is 800. The molecular formula is C19H20F2N4O. The van der Waals surface area contributed by atoms with E-state index in [1.165, 1.54) is 18.5 Å². The number of anilines is 2. The highest BCUT2D eigenvalue weighted by Gasteiger charge is 2.17. The minimum atomic E-state index is -0.598. The van der Waals surface area contributed by atoms with Gasteiger partial charge in [0, 0.05) is 24.7 Å². The Kier molecular flexibility index (Phi) is 5.55. The van der Waals surface area contributed by atoms with E-state index in [0.717, 1.165) is 56.1 Å². The molecule has 1 N–H and O–H groups in total. The number of benzene rings is 1. The van der Waals surface area contributed by atoms with Gasteiger partial charge in [-0.1, -0.05) is 6.92 Å². The molecule has 2 aromatic rings. The molecule has 1 aromatic heterocycles. The second kappa shape index (κ2) is 8.03. The van der Waals surface area contributed by atoms with Gasteiger partial charge in [-0.3, -0.25) is 4.79 Å². The zero-order valence-corrected chi connectivity index (χ0v) is 14.5. The molecule has 26 heavy (non-hydrogen) atoms. The molecule has 1 aromatic carbocycles. The van der Waals surface area contributed by atoms with E-state index in [1.54, 1.807) is 0 Å². The first-order chi connectivity index (χ1) is 12.5. The zero-order chi connectivity index (χ0) is 18.5. The van der Waals surface area contributed by atoms with Crippen LogP contribution in [0.5, 0.6) is 0 Å². The minimum Gasteiger partial charge on any atom is -0.341 e. The molecule has 0 atom stereocenters. The van der Waals surface area contributed by atoms with Crippen molar-refractivity contribution in [2.45, 2.75) is 19.8 Å². The summed E-state index contributed by atoms with van der Waals surface area (Å²) in [6.07, 6.45) is 7.66. The number of carbonyl (C=O) groups is 1. The number of hydrogen-bond donors (Lipinski definition) is 1. The lowest BCUT2D eigenvalue weighted by Crippen LogP contribution is -2.34. The van der Waals surface area contributed by atoms with Gasteiger partial charge in [0.15, 0.2) is 0 Å². The summed E-state index contributed by atoms with van der Waals surface area (Å²) >= 11 is 0. The predicted molar refractivity (Wildman–Crippen MR) is 96.7 cm³/mol. The number of hydrogen-bond acceptors (Lipinski definition) is 4. The summed E-state index contributed by atoms with van der Waals surface area (Å²) in [7, 11) is 0. The van der Waals surface area contributed by atoms with Gasteiger partial charge in [0.1, 0.15) is 11.6 Å². The molecule has 136 valence electrons. The maximum absolute atomic E-state index is 13.5. The third-order valence-electron chi connectivity index (χ3n) is 4.34. The minimum absolute atomic E-state index is 0.00562. The van der Waals surface area contributed by atoms with Crippen LogP contribution in [0.1, 0.15) is 25.3 Å². The number of nitrogens with zero attached hydrogens (tertiary/aromatic N) is 3. The first-order valence-corrected chi connectivity index (χ1v) is 8.52. The molecular weight excluding hydrogens is 338 g/mol. The Morgan fingerprint density at radius 3 is 2.62 bits per heavy atom. The van der Waals surface area contributed by atoms with Crippen LogP contribution in [0.2, 0.25) is 0 Å². The molecule has 1 aliphatic rings. The fourth-order valence-corrected chi connectivity index (χ4v) is 2.75. The summed E-state index contributed by atoms with van der Waals surface area (Å²) in [5, 5.41) is 2.60. The van der Waals surface area contributed by atoms with E-state index in [1.807, 2.05) is 0 Å². The van der Waals surface area contributed by atoms with Crippen LogP contribution in [-0.4, -0.2) is 29.0 Å². The highest BCUT2D eigenvalue weighted by atomic mass is 19.1. The van der Waals surface area contributed by atoms with Crippen LogP contribution in [0.4, 0.5) is 20.4 Å². The van der Waals surface area contributed by atoms with Gasteiger partial charge in [-0.25, -0.2) is 18.7 Å². The fourth-order valence-electron chi connectivity index (χ4n) is 2.75. The van der Waals surface area contributed by atoms with Crippen LogP contribution in [0.15, 0.2) is 36.7 Å². The smallest absolute Gasteiger partial charge is 0.248 e. The van der Waals surface area contributed by atoms with Gasteiger partial charge >= 0.3 is 0 Å². The second-order valence-corrected chi connectivity index (χ2v) is 6.43. The van der Waals surface area contributed by atoms with Crippen molar-refractivity contribution in [3.8, 4) is 0 Å². The van der Waals surface area contributed by atoms with E-state index < -0.39 is 17.5 Å². The summed E-state index contributed by atoms with van der Waals surface area (Å²) in [4.78, 5) is 22.6. The van der Waals surface area contributed by atoms with Crippen LogP contribution in [0, 0.1) is 17.6 Å². The molecule has 3 rings (SSSR count). The first-order valence-electron chi connectivity index (χ1n) is 8.52. The summed E-state index contributed by atoms with van der Waals surface area (Å²) in [5.41, 5.74) is 0.444. The van der Waals surface area contributed by atoms with E-state index in [0.29, 0.717) is 11.6 Å². The first kappa shape index (κ1) is 18.0. The lowest BCUT2D eigenvalue weighted by Gasteiger charge is -2.30. The molecule has 1 amide bonds. The molecule has 1 aliphatic heterocycles. The number of halogens is 2. The van der Waals surface area contributed by atoms with E-state index in [2.05, 4.69) is 27.1 Å². The summed E-state index contributed by atoms with van der Waals surface area (Å²) in [6, 6.07) is 3.06. The summed E-state index contributed by atoms with van der Waals surface area (Å²) in [5.74, 6) is -0.273. The molecule has 1 saturated heterocycles. The van der Waals surface area contributed by atoms with Crippen molar-refractivity contribution >= 4 is 23.6 Å². The quantitative estimate of drug-likeness (QED) is 0.848. The van der Waals surface area contributed by atoms with E-state index in [-0.39, 0.29) is 5.56 Å². The Morgan fingerprint density at radius 2 is 1.92 bits per heavy atom. The Labute approximate surface area is 150 Å². The van der Waals surface area contributed by atoms with E-state index in [9.17, 15) is 13.6 Å². The van der Waals surface area contributed by atoms with Crippen molar-refractivity contribution in [3.05, 3.63) is 53.9 Å². The van der Waals surface area contributed by atoms with Crippen molar-refractivity contribution in [2.75, 3.05) is 23.3 Å². The predicted octanol–water partition coefficient (Wildman–Crippen LogP) is 3.64. The highest BCUT2D eigenvalue weighted by molar-refractivity contribution is 6.01. The van der Waals surface area contributed by atoms with Crippen molar-refractivity contribution in [1.29, 1.82) is 0 Å². The summed E-state index contributed by atoms with van der Waals surface area (Å²) in [6.45, 7) is 4.09.